The summed E-state index contributed by atoms with van der Waals surface area (Å²) < 4.78 is 12.3. The molecule has 0 atom stereocenters. The van der Waals surface area contributed by atoms with Crippen LogP contribution in [0.3, 0.4) is 0 Å². The molecule has 110 valence electrons. The summed E-state index contributed by atoms with van der Waals surface area (Å²) in [6.07, 6.45) is 0.982. The number of hydrogen-bond acceptors (Lipinski definition) is 3. The average molecular weight is 348 g/mol. The van der Waals surface area contributed by atoms with Crippen LogP contribution in [0.5, 0.6) is 11.5 Å². The van der Waals surface area contributed by atoms with Gasteiger partial charge < -0.3 is 14.8 Å². The van der Waals surface area contributed by atoms with Gasteiger partial charge in [-0.3, -0.25) is 0 Å². The summed E-state index contributed by atoms with van der Waals surface area (Å²) in [5, 5.41) is 3.45. The van der Waals surface area contributed by atoms with Gasteiger partial charge in [0.15, 0.2) is 0 Å². The third-order valence-corrected chi connectivity index (χ3v) is 4.11. The summed E-state index contributed by atoms with van der Waals surface area (Å²) in [6.45, 7) is 3.55. The zero-order valence-corrected chi connectivity index (χ0v) is 13.8. The molecule has 0 bridgehead atoms. The van der Waals surface area contributed by atoms with Gasteiger partial charge in [-0.15, -0.1) is 0 Å². The number of hydrogen-bond donors (Lipinski definition) is 1. The Balaban J connectivity index is 1.84. The van der Waals surface area contributed by atoms with Gasteiger partial charge in [0, 0.05) is 23.0 Å². The number of rotatable bonds is 4. The van der Waals surface area contributed by atoms with Gasteiger partial charge in [0.25, 0.3) is 0 Å². The van der Waals surface area contributed by atoms with E-state index in [0.717, 1.165) is 34.7 Å². The number of methoxy groups -OCH3 is 1. The molecule has 0 saturated heterocycles. The fraction of sp³-hybridized carbons (Fsp3) is 0.294. The standard InChI is InChI=1S/C17H18BrNO2/c1-11-3-4-16(20-2)15(7-11)19-10-13-9-14(18)8-12-5-6-21-17(12)13/h3-4,7-9,19H,5-6,10H2,1-2H3. The number of fused-ring (bicyclic) bond motifs is 1. The molecular formula is C17H18BrNO2. The fourth-order valence-corrected chi connectivity index (χ4v) is 3.18. The normalized spacial score (nSPS) is 12.7. The van der Waals surface area contributed by atoms with Crippen molar-refractivity contribution in [1.29, 1.82) is 0 Å². The van der Waals surface area contributed by atoms with E-state index < -0.39 is 0 Å². The van der Waals surface area contributed by atoms with Crippen molar-refractivity contribution in [1.82, 2.24) is 0 Å². The lowest BCUT2D eigenvalue weighted by Crippen LogP contribution is -2.03. The summed E-state index contributed by atoms with van der Waals surface area (Å²) in [6, 6.07) is 10.4. The van der Waals surface area contributed by atoms with E-state index in [2.05, 4.69) is 46.4 Å². The Hall–Kier alpha value is -1.68. The molecule has 4 heteroatoms. The second kappa shape index (κ2) is 5.98. The molecule has 1 heterocycles. The molecule has 0 fully saturated rings. The Morgan fingerprint density at radius 1 is 1.29 bits per heavy atom. The Bertz CT molecular complexity index is 670. The lowest BCUT2D eigenvalue weighted by molar-refractivity contribution is 0.353. The number of anilines is 1. The van der Waals surface area contributed by atoms with Crippen molar-refractivity contribution in [3.63, 3.8) is 0 Å². The quantitative estimate of drug-likeness (QED) is 0.893. The zero-order chi connectivity index (χ0) is 14.8. The monoisotopic (exact) mass is 347 g/mol. The van der Waals surface area contributed by atoms with E-state index in [9.17, 15) is 0 Å². The Morgan fingerprint density at radius 2 is 2.14 bits per heavy atom. The van der Waals surface area contributed by atoms with Crippen molar-refractivity contribution in [3.8, 4) is 11.5 Å². The van der Waals surface area contributed by atoms with Gasteiger partial charge in [-0.1, -0.05) is 22.0 Å². The first-order valence-corrected chi connectivity index (χ1v) is 7.79. The molecule has 3 nitrogen and oxygen atoms in total. The molecule has 3 rings (SSSR count). The average Bonchev–Trinajstić information content (AvgIpc) is 2.93. The third-order valence-electron chi connectivity index (χ3n) is 3.65. The fourth-order valence-electron chi connectivity index (χ4n) is 2.63. The minimum absolute atomic E-state index is 0.710. The number of ether oxygens (including phenoxy) is 2. The zero-order valence-electron chi connectivity index (χ0n) is 12.2. The summed E-state index contributed by atoms with van der Waals surface area (Å²) in [7, 11) is 1.69. The van der Waals surface area contributed by atoms with Crippen LogP contribution in [0.25, 0.3) is 0 Å². The predicted molar refractivity (Wildman–Crippen MR) is 88.4 cm³/mol. The molecule has 1 aliphatic rings. The Morgan fingerprint density at radius 3 is 2.95 bits per heavy atom. The first kappa shape index (κ1) is 14.3. The Labute approximate surface area is 133 Å². The first-order chi connectivity index (χ1) is 10.2. The van der Waals surface area contributed by atoms with Crippen LogP contribution in [-0.2, 0) is 13.0 Å². The highest BCUT2D eigenvalue weighted by molar-refractivity contribution is 9.10. The van der Waals surface area contributed by atoms with E-state index in [-0.39, 0.29) is 0 Å². The second-order valence-electron chi connectivity index (χ2n) is 5.21. The van der Waals surface area contributed by atoms with E-state index in [4.69, 9.17) is 9.47 Å². The molecule has 0 aromatic heterocycles. The third kappa shape index (κ3) is 3.00. The maximum Gasteiger partial charge on any atom is 0.141 e. The van der Waals surface area contributed by atoms with Crippen LogP contribution in [-0.4, -0.2) is 13.7 Å². The van der Waals surface area contributed by atoms with E-state index in [1.165, 1.54) is 16.7 Å². The topological polar surface area (TPSA) is 30.5 Å². The van der Waals surface area contributed by atoms with Gasteiger partial charge in [-0.2, -0.15) is 0 Å². The summed E-state index contributed by atoms with van der Waals surface area (Å²) >= 11 is 3.57. The first-order valence-electron chi connectivity index (χ1n) is 7.00. The van der Waals surface area contributed by atoms with Gasteiger partial charge >= 0.3 is 0 Å². The van der Waals surface area contributed by atoms with E-state index in [1.807, 2.05) is 12.1 Å². The molecule has 0 aliphatic carbocycles. The summed E-state index contributed by atoms with van der Waals surface area (Å²) in [5.41, 5.74) is 4.65. The van der Waals surface area contributed by atoms with E-state index in [0.29, 0.717) is 6.54 Å². The van der Waals surface area contributed by atoms with Crippen LogP contribution < -0.4 is 14.8 Å². The highest BCUT2D eigenvalue weighted by atomic mass is 79.9. The van der Waals surface area contributed by atoms with Crippen LogP contribution in [0.4, 0.5) is 5.69 Å². The summed E-state index contributed by atoms with van der Waals surface area (Å²) in [5.74, 6) is 1.88. The van der Waals surface area contributed by atoms with Crippen LogP contribution in [0.1, 0.15) is 16.7 Å². The van der Waals surface area contributed by atoms with Crippen molar-refractivity contribution in [2.75, 3.05) is 19.0 Å². The van der Waals surface area contributed by atoms with Crippen molar-refractivity contribution in [2.45, 2.75) is 19.9 Å². The molecule has 0 unspecified atom stereocenters. The van der Waals surface area contributed by atoms with Gasteiger partial charge in [0.2, 0.25) is 0 Å². The molecule has 21 heavy (non-hydrogen) atoms. The van der Waals surface area contributed by atoms with Gasteiger partial charge in [0.1, 0.15) is 11.5 Å². The lowest BCUT2D eigenvalue weighted by atomic mass is 10.1. The van der Waals surface area contributed by atoms with E-state index >= 15 is 0 Å². The predicted octanol–water partition coefficient (Wildman–Crippen LogP) is 4.31. The molecule has 0 radical (unpaired) electrons. The maximum atomic E-state index is 5.76. The van der Waals surface area contributed by atoms with Crippen molar-refractivity contribution >= 4 is 21.6 Å². The molecule has 2 aromatic rings. The molecule has 2 aromatic carbocycles. The molecule has 1 aliphatic heterocycles. The van der Waals surface area contributed by atoms with Crippen molar-refractivity contribution in [3.05, 3.63) is 51.5 Å². The summed E-state index contributed by atoms with van der Waals surface area (Å²) in [4.78, 5) is 0. The minimum Gasteiger partial charge on any atom is -0.495 e. The van der Waals surface area contributed by atoms with Crippen LogP contribution in [0.2, 0.25) is 0 Å². The number of nitrogens with one attached hydrogen (secondary N) is 1. The van der Waals surface area contributed by atoms with E-state index in [1.54, 1.807) is 7.11 Å². The maximum absolute atomic E-state index is 5.76. The number of halogens is 1. The molecular weight excluding hydrogens is 330 g/mol. The highest BCUT2D eigenvalue weighted by Crippen LogP contribution is 2.34. The number of aryl methyl sites for hydroxylation is 1. The lowest BCUT2D eigenvalue weighted by Gasteiger charge is -2.14. The van der Waals surface area contributed by atoms with Crippen molar-refractivity contribution < 1.29 is 9.47 Å². The highest BCUT2D eigenvalue weighted by Gasteiger charge is 2.17. The van der Waals surface area contributed by atoms with Crippen LogP contribution in [0.15, 0.2) is 34.8 Å². The molecule has 0 saturated carbocycles. The number of benzene rings is 2. The second-order valence-corrected chi connectivity index (χ2v) is 6.12. The largest absolute Gasteiger partial charge is 0.495 e. The van der Waals surface area contributed by atoms with Gasteiger partial charge in [0.05, 0.1) is 19.4 Å². The SMILES string of the molecule is COc1ccc(C)cc1NCc1cc(Br)cc2c1OCC2. The van der Waals surface area contributed by atoms with Gasteiger partial charge in [-0.05, 0) is 42.3 Å². The minimum atomic E-state index is 0.710. The smallest absolute Gasteiger partial charge is 0.141 e. The van der Waals surface area contributed by atoms with Crippen LogP contribution >= 0.6 is 15.9 Å². The Kier molecular flexibility index (Phi) is 4.06. The molecule has 0 spiro atoms. The molecule has 1 N–H and O–H groups in total. The van der Waals surface area contributed by atoms with Crippen molar-refractivity contribution in [2.24, 2.45) is 0 Å². The van der Waals surface area contributed by atoms with Gasteiger partial charge in [-0.25, -0.2) is 0 Å². The molecule has 0 amide bonds. The van der Waals surface area contributed by atoms with Crippen LogP contribution in [0, 0.1) is 6.92 Å².